The van der Waals surface area contributed by atoms with Crippen LogP contribution in [-0.4, -0.2) is 30.5 Å². The Bertz CT molecular complexity index is 1710. The summed E-state index contributed by atoms with van der Waals surface area (Å²) in [5.41, 5.74) is 7.58. The fourth-order valence-electron chi connectivity index (χ4n) is 4.50. The van der Waals surface area contributed by atoms with E-state index in [1.165, 1.54) is 0 Å². The third-order valence-corrected chi connectivity index (χ3v) is 6.43. The Balaban J connectivity index is 1.32. The van der Waals surface area contributed by atoms with E-state index in [-0.39, 0.29) is 5.91 Å². The van der Waals surface area contributed by atoms with Gasteiger partial charge in [-0.25, -0.2) is 4.98 Å². The van der Waals surface area contributed by atoms with Crippen molar-refractivity contribution in [3.8, 4) is 22.4 Å². The number of carbonyl (C=O) groups is 1. The highest BCUT2D eigenvalue weighted by molar-refractivity contribution is 5.98. The maximum atomic E-state index is 12.3. The number of benzene rings is 2. The molecule has 0 atom stereocenters. The predicted molar refractivity (Wildman–Crippen MR) is 144 cm³/mol. The maximum absolute atomic E-state index is 12.3. The van der Waals surface area contributed by atoms with Gasteiger partial charge < -0.3 is 5.32 Å². The number of hydrogen-bond donors (Lipinski definition) is 1. The molecule has 7 nitrogen and oxygen atoms in total. The monoisotopic (exact) mass is 484 g/mol. The number of aromatic nitrogens is 5. The van der Waals surface area contributed by atoms with Gasteiger partial charge in [0.05, 0.1) is 17.6 Å². The fraction of sp³-hybridized carbons (Fsp3) is 0.100. The van der Waals surface area contributed by atoms with Crippen LogP contribution in [0.3, 0.4) is 0 Å². The van der Waals surface area contributed by atoms with Gasteiger partial charge in [0.25, 0.3) is 0 Å². The first-order chi connectivity index (χ1) is 18.2. The number of pyridine rings is 3. The standard InChI is InChI=1S/C30H24N6O/c1-20-34-35-30-26-17-25(23-7-3-2-4-8-23)29(33-27(26)13-15-36(20)30)24-11-9-21(10-12-24)19-32-28(37)16-22-6-5-14-31-18-22/h2-15,17-18H,16,19H2,1H3,(H,32,37). The van der Waals surface area contributed by atoms with Crippen LogP contribution in [0.1, 0.15) is 17.0 Å². The fourth-order valence-corrected chi connectivity index (χ4v) is 4.50. The highest BCUT2D eigenvalue weighted by Gasteiger charge is 2.15. The van der Waals surface area contributed by atoms with E-state index in [0.29, 0.717) is 13.0 Å². The molecule has 6 rings (SSSR count). The number of amides is 1. The zero-order valence-corrected chi connectivity index (χ0v) is 20.3. The molecule has 0 unspecified atom stereocenters. The Morgan fingerprint density at radius 1 is 0.892 bits per heavy atom. The average Bonchev–Trinajstić information content (AvgIpc) is 3.33. The molecule has 0 fully saturated rings. The molecule has 0 radical (unpaired) electrons. The molecular weight excluding hydrogens is 460 g/mol. The number of nitrogens with one attached hydrogen (secondary N) is 1. The average molecular weight is 485 g/mol. The van der Waals surface area contributed by atoms with Crippen molar-refractivity contribution in [1.82, 2.24) is 29.9 Å². The van der Waals surface area contributed by atoms with Gasteiger partial charge in [-0.05, 0) is 41.8 Å². The van der Waals surface area contributed by atoms with Crippen LogP contribution in [0, 0.1) is 6.92 Å². The van der Waals surface area contributed by atoms with E-state index in [1.807, 2.05) is 66.1 Å². The molecule has 6 aromatic rings. The van der Waals surface area contributed by atoms with Crippen molar-refractivity contribution in [2.75, 3.05) is 0 Å². The summed E-state index contributed by atoms with van der Waals surface area (Å²) in [7, 11) is 0. The van der Waals surface area contributed by atoms with Crippen LogP contribution in [0.2, 0.25) is 0 Å². The number of rotatable bonds is 6. The van der Waals surface area contributed by atoms with Crippen LogP contribution < -0.4 is 5.32 Å². The molecule has 0 spiro atoms. The second-order valence-electron chi connectivity index (χ2n) is 8.95. The molecular formula is C30H24N6O. The van der Waals surface area contributed by atoms with Gasteiger partial charge in [0, 0.05) is 41.6 Å². The molecule has 1 N–H and O–H groups in total. The Morgan fingerprint density at radius 2 is 1.73 bits per heavy atom. The summed E-state index contributed by atoms with van der Waals surface area (Å²) in [5.74, 6) is 0.806. The summed E-state index contributed by atoms with van der Waals surface area (Å²) in [6.45, 7) is 2.40. The minimum absolute atomic E-state index is 0.0327. The summed E-state index contributed by atoms with van der Waals surface area (Å²) >= 11 is 0. The lowest BCUT2D eigenvalue weighted by Gasteiger charge is -2.13. The van der Waals surface area contributed by atoms with Gasteiger partial charge in [0.15, 0.2) is 5.65 Å². The van der Waals surface area contributed by atoms with Crippen molar-refractivity contribution in [3.05, 3.63) is 114 Å². The van der Waals surface area contributed by atoms with Crippen molar-refractivity contribution in [2.24, 2.45) is 0 Å². The first kappa shape index (κ1) is 22.5. The number of fused-ring (bicyclic) bond motifs is 3. The Labute approximate surface area is 213 Å². The molecule has 0 aliphatic heterocycles. The van der Waals surface area contributed by atoms with Gasteiger partial charge >= 0.3 is 0 Å². The normalized spacial score (nSPS) is 11.2. The summed E-state index contributed by atoms with van der Waals surface area (Å²) in [5, 5.41) is 12.6. The maximum Gasteiger partial charge on any atom is 0.224 e. The van der Waals surface area contributed by atoms with Crippen LogP contribution in [0.15, 0.2) is 97.5 Å². The largest absolute Gasteiger partial charge is 0.352 e. The van der Waals surface area contributed by atoms with Gasteiger partial charge in [-0.2, -0.15) is 0 Å². The molecule has 0 saturated heterocycles. The lowest BCUT2D eigenvalue weighted by Crippen LogP contribution is -2.24. The highest BCUT2D eigenvalue weighted by atomic mass is 16.1. The van der Waals surface area contributed by atoms with E-state index in [9.17, 15) is 4.79 Å². The third kappa shape index (κ3) is 4.54. The topological polar surface area (TPSA) is 85.1 Å². The summed E-state index contributed by atoms with van der Waals surface area (Å²) in [4.78, 5) is 21.5. The van der Waals surface area contributed by atoms with Crippen LogP contribution in [0.4, 0.5) is 0 Å². The number of aryl methyl sites for hydroxylation is 1. The second kappa shape index (κ2) is 9.62. The van der Waals surface area contributed by atoms with Crippen molar-refractivity contribution in [3.63, 3.8) is 0 Å². The van der Waals surface area contributed by atoms with Crippen LogP contribution in [0.5, 0.6) is 0 Å². The molecule has 0 saturated carbocycles. The lowest BCUT2D eigenvalue weighted by atomic mass is 9.97. The second-order valence-corrected chi connectivity index (χ2v) is 8.95. The number of nitrogens with zero attached hydrogens (tertiary/aromatic N) is 5. The first-order valence-corrected chi connectivity index (χ1v) is 12.1. The molecule has 0 aliphatic rings. The third-order valence-electron chi connectivity index (χ3n) is 6.43. The molecule has 37 heavy (non-hydrogen) atoms. The van der Waals surface area contributed by atoms with E-state index < -0.39 is 0 Å². The predicted octanol–water partition coefficient (Wildman–Crippen LogP) is 5.17. The van der Waals surface area contributed by atoms with Crippen LogP contribution in [-0.2, 0) is 17.8 Å². The molecule has 4 aromatic heterocycles. The van der Waals surface area contributed by atoms with E-state index >= 15 is 0 Å². The number of hydrogen-bond acceptors (Lipinski definition) is 5. The Morgan fingerprint density at radius 3 is 2.51 bits per heavy atom. The molecule has 4 heterocycles. The van der Waals surface area contributed by atoms with Gasteiger partial charge in [0.1, 0.15) is 5.82 Å². The quantitative estimate of drug-likeness (QED) is 0.352. The lowest BCUT2D eigenvalue weighted by molar-refractivity contribution is -0.120. The summed E-state index contributed by atoms with van der Waals surface area (Å²) in [6.07, 6.45) is 5.69. The Hall–Kier alpha value is -4.91. The van der Waals surface area contributed by atoms with E-state index in [2.05, 4.69) is 50.8 Å². The molecule has 0 aliphatic carbocycles. The van der Waals surface area contributed by atoms with Crippen molar-refractivity contribution in [1.29, 1.82) is 0 Å². The minimum Gasteiger partial charge on any atom is -0.352 e. The molecule has 1 amide bonds. The smallest absolute Gasteiger partial charge is 0.224 e. The SMILES string of the molecule is Cc1nnc2c3cc(-c4ccccc4)c(-c4ccc(CNC(=O)Cc5cccnc5)cc4)nc3ccn12. The van der Waals surface area contributed by atoms with Crippen LogP contribution in [0.25, 0.3) is 38.9 Å². The van der Waals surface area contributed by atoms with Gasteiger partial charge in [-0.3, -0.25) is 14.2 Å². The summed E-state index contributed by atoms with van der Waals surface area (Å²) < 4.78 is 1.98. The van der Waals surface area contributed by atoms with E-state index in [0.717, 1.165) is 55.9 Å². The minimum atomic E-state index is -0.0327. The Kier molecular flexibility index (Phi) is 5.86. The molecule has 0 bridgehead atoms. The molecule has 180 valence electrons. The van der Waals surface area contributed by atoms with Crippen molar-refractivity contribution >= 4 is 22.5 Å². The van der Waals surface area contributed by atoms with E-state index in [1.54, 1.807) is 12.4 Å². The molecule has 2 aromatic carbocycles. The first-order valence-electron chi connectivity index (χ1n) is 12.1. The summed E-state index contributed by atoms with van der Waals surface area (Å²) in [6, 6.07) is 26.3. The zero-order valence-electron chi connectivity index (χ0n) is 20.3. The van der Waals surface area contributed by atoms with E-state index in [4.69, 9.17) is 4.98 Å². The number of carbonyl (C=O) groups excluding carboxylic acids is 1. The van der Waals surface area contributed by atoms with Gasteiger partial charge in [0.2, 0.25) is 5.91 Å². The van der Waals surface area contributed by atoms with Gasteiger partial charge in [-0.1, -0.05) is 60.7 Å². The molecule has 7 heteroatoms. The zero-order chi connectivity index (χ0) is 25.2. The highest BCUT2D eigenvalue weighted by Crippen LogP contribution is 2.34. The van der Waals surface area contributed by atoms with Crippen molar-refractivity contribution in [2.45, 2.75) is 19.9 Å². The van der Waals surface area contributed by atoms with Crippen LogP contribution >= 0.6 is 0 Å². The van der Waals surface area contributed by atoms with Gasteiger partial charge in [-0.15, -0.1) is 10.2 Å². The van der Waals surface area contributed by atoms with Crippen molar-refractivity contribution < 1.29 is 4.79 Å².